The molecule has 146 valence electrons. The Kier molecular flexibility index (Phi) is 7.05. The summed E-state index contributed by atoms with van der Waals surface area (Å²) in [5.74, 6) is 1.81. The molecule has 0 atom stereocenters. The molecule has 1 nitrogen and oxygen atoms in total. The summed E-state index contributed by atoms with van der Waals surface area (Å²) in [5, 5.41) is 8.76. The van der Waals surface area contributed by atoms with Crippen LogP contribution in [0.4, 0.5) is 8.78 Å². The highest BCUT2D eigenvalue weighted by Crippen LogP contribution is 2.42. The van der Waals surface area contributed by atoms with E-state index in [0.29, 0.717) is 17.9 Å². The minimum absolute atomic E-state index is 0.469. The molecular formula is C24H31F2N. The van der Waals surface area contributed by atoms with Crippen LogP contribution in [0.5, 0.6) is 0 Å². The Hall–Kier alpha value is -1.69. The lowest BCUT2D eigenvalue weighted by molar-refractivity contribution is 0.152. The number of nitrogens with zero attached hydrogens (tertiary/aromatic N) is 1. The number of aryl methyl sites for hydroxylation is 1. The summed E-state index contributed by atoms with van der Waals surface area (Å²) in [4.78, 5) is 0. The van der Waals surface area contributed by atoms with Crippen molar-refractivity contribution >= 4 is 0 Å². The lowest BCUT2D eigenvalue weighted by Crippen LogP contribution is -2.25. The van der Waals surface area contributed by atoms with Crippen molar-refractivity contribution < 1.29 is 8.78 Å². The van der Waals surface area contributed by atoms with E-state index >= 15 is 0 Å². The molecule has 0 unspecified atom stereocenters. The molecule has 1 aromatic carbocycles. The van der Waals surface area contributed by atoms with Crippen molar-refractivity contribution in [3.8, 4) is 6.07 Å². The molecule has 0 N–H and O–H groups in total. The number of benzene rings is 1. The van der Waals surface area contributed by atoms with E-state index in [9.17, 15) is 8.78 Å². The number of halogens is 2. The summed E-state index contributed by atoms with van der Waals surface area (Å²) in [6, 6.07) is 4.25. The minimum Gasteiger partial charge on any atom is -0.205 e. The van der Waals surface area contributed by atoms with E-state index in [1.54, 1.807) is 6.07 Å². The zero-order valence-electron chi connectivity index (χ0n) is 16.4. The van der Waals surface area contributed by atoms with Gasteiger partial charge in [0.15, 0.2) is 0 Å². The number of hydrogen-bond acceptors (Lipinski definition) is 1. The number of hydrogen-bond donors (Lipinski definition) is 0. The van der Waals surface area contributed by atoms with Crippen LogP contribution in [0, 0.1) is 46.6 Å². The topological polar surface area (TPSA) is 23.8 Å². The normalized spacial score (nSPS) is 29.0. The smallest absolute Gasteiger partial charge is 0.144 e. The summed E-state index contributed by atoms with van der Waals surface area (Å²) in [7, 11) is 0. The molecule has 2 fully saturated rings. The van der Waals surface area contributed by atoms with Crippen LogP contribution in [-0.2, 0) is 6.42 Å². The Balaban J connectivity index is 1.43. The summed E-state index contributed by atoms with van der Waals surface area (Å²) in [6.07, 6.45) is 16.9. The second-order valence-corrected chi connectivity index (χ2v) is 8.57. The Morgan fingerprint density at radius 3 is 2.04 bits per heavy atom. The first kappa shape index (κ1) is 20.1. The van der Waals surface area contributed by atoms with Crippen molar-refractivity contribution in [3.05, 3.63) is 47.0 Å². The Labute approximate surface area is 162 Å². The molecular weight excluding hydrogens is 340 g/mol. The molecule has 2 aliphatic rings. The van der Waals surface area contributed by atoms with Gasteiger partial charge in [-0.1, -0.05) is 25.0 Å². The lowest BCUT2D eigenvalue weighted by atomic mass is 9.68. The molecule has 0 aliphatic heterocycles. The van der Waals surface area contributed by atoms with E-state index in [4.69, 9.17) is 5.26 Å². The van der Waals surface area contributed by atoms with Gasteiger partial charge in [0, 0.05) is 0 Å². The van der Waals surface area contributed by atoms with E-state index in [2.05, 4.69) is 19.1 Å². The van der Waals surface area contributed by atoms with Gasteiger partial charge in [0.2, 0.25) is 0 Å². The van der Waals surface area contributed by atoms with E-state index < -0.39 is 17.2 Å². The van der Waals surface area contributed by atoms with E-state index in [0.717, 1.165) is 24.2 Å². The molecule has 0 amide bonds. The molecule has 0 saturated heterocycles. The monoisotopic (exact) mass is 371 g/mol. The van der Waals surface area contributed by atoms with Gasteiger partial charge in [-0.3, -0.25) is 0 Å². The molecule has 2 aliphatic carbocycles. The third-order valence-corrected chi connectivity index (χ3v) is 6.89. The van der Waals surface area contributed by atoms with Crippen LogP contribution in [-0.4, -0.2) is 0 Å². The van der Waals surface area contributed by atoms with Crippen molar-refractivity contribution in [1.29, 1.82) is 5.26 Å². The van der Waals surface area contributed by atoms with Gasteiger partial charge in [0.05, 0.1) is 0 Å². The third-order valence-electron chi connectivity index (χ3n) is 6.89. The SMILES string of the molecule is C/C=C/C1CCC(C2CCC(CCc3cc(F)c(C#N)c(F)c3)CC2)CC1. The van der Waals surface area contributed by atoms with Crippen molar-refractivity contribution in [2.75, 3.05) is 0 Å². The van der Waals surface area contributed by atoms with E-state index in [1.165, 1.54) is 63.5 Å². The van der Waals surface area contributed by atoms with Gasteiger partial charge in [-0.05, 0) is 99.7 Å². The Morgan fingerprint density at radius 1 is 0.963 bits per heavy atom. The average molecular weight is 372 g/mol. The van der Waals surface area contributed by atoms with Crippen LogP contribution < -0.4 is 0 Å². The van der Waals surface area contributed by atoms with Crippen molar-refractivity contribution in [2.24, 2.45) is 23.7 Å². The van der Waals surface area contributed by atoms with Crippen LogP contribution in [0.1, 0.15) is 75.8 Å². The summed E-state index contributed by atoms with van der Waals surface area (Å²) in [6.45, 7) is 2.12. The molecule has 2 saturated carbocycles. The van der Waals surface area contributed by atoms with Crippen LogP contribution in [0.15, 0.2) is 24.3 Å². The predicted octanol–water partition coefficient (Wildman–Crippen LogP) is 6.96. The zero-order valence-corrected chi connectivity index (χ0v) is 16.4. The van der Waals surface area contributed by atoms with Gasteiger partial charge in [0.25, 0.3) is 0 Å². The second-order valence-electron chi connectivity index (χ2n) is 8.57. The van der Waals surface area contributed by atoms with Crippen LogP contribution >= 0.6 is 0 Å². The standard InChI is InChI=1S/C24H31F2N/c1-2-3-17-6-10-20(11-7-17)21-12-8-18(9-13-21)4-5-19-14-23(25)22(16-27)24(26)15-19/h2-3,14-15,17-18,20-21H,4-13H2,1H3/b3-2+. The maximum Gasteiger partial charge on any atom is 0.144 e. The summed E-state index contributed by atoms with van der Waals surface area (Å²) in [5.41, 5.74) is 0.205. The predicted molar refractivity (Wildman–Crippen MR) is 105 cm³/mol. The molecule has 1 aromatic rings. The molecule has 0 radical (unpaired) electrons. The molecule has 0 bridgehead atoms. The largest absolute Gasteiger partial charge is 0.205 e. The zero-order chi connectivity index (χ0) is 19.2. The maximum absolute atomic E-state index is 13.7. The third kappa shape index (κ3) is 5.18. The van der Waals surface area contributed by atoms with Gasteiger partial charge in [-0.25, -0.2) is 8.78 Å². The fourth-order valence-corrected chi connectivity index (χ4v) is 5.28. The Bertz CT molecular complexity index is 664. The molecule has 27 heavy (non-hydrogen) atoms. The van der Waals surface area contributed by atoms with E-state index in [-0.39, 0.29) is 0 Å². The average Bonchev–Trinajstić information content (AvgIpc) is 2.67. The van der Waals surface area contributed by atoms with Crippen LogP contribution in [0.3, 0.4) is 0 Å². The van der Waals surface area contributed by atoms with Crippen LogP contribution in [0.25, 0.3) is 0 Å². The highest BCUT2D eigenvalue weighted by molar-refractivity contribution is 5.35. The molecule has 3 rings (SSSR count). The first-order valence-corrected chi connectivity index (χ1v) is 10.6. The molecule has 0 aromatic heterocycles. The lowest BCUT2D eigenvalue weighted by Gasteiger charge is -2.37. The summed E-state index contributed by atoms with van der Waals surface area (Å²) >= 11 is 0. The van der Waals surface area contributed by atoms with Gasteiger partial charge in [0.1, 0.15) is 23.3 Å². The van der Waals surface area contributed by atoms with Crippen molar-refractivity contribution in [3.63, 3.8) is 0 Å². The van der Waals surface area contributed by atoms with Gasteiger partial charge >= 0.3 is 0 Å². The number of nitriles is 1. The van der Waals surface area contributed by atoms with Gasteiger partial charge < -0.3 is 0 Å². The van der Waals surface area contributed by atoms with E-state index in [1.807, 2.05) is 0 Å². The molecule has 0 heterocycles. The quantitative estimate of drug-likeness (QED) is 0.513. The van der Waals surface area contributed by atoms with Gasteiger partial charge in [-0.2, -0.15) is 5.26 Å². The van der Waals surface area contributed by atoms with Crippen LogP contribution in [0.2, 0.25) is 0 Å². The first-order valence-electron chi connectivity index (χ1n) is 10.6. The second kappa shape index (κ2) is 9.49. The van der Waals surface area contributed by atoms with Gasteiger partial charge in [-0.15, -0.1) is 0 Å². The number of allylic oxidation sites excluding steroid dienone is 2. The highest BCUT2D eigenvalue weighted by atomic mass is 19.1. The fraction of sp³-hybridized carbons (Fsp3) is 0.625. The number of rotatable bonds is 5. The highest BCUT2D eigenvalue weighted by Gasteiger charge is 2.30. The summed E-state index contributed by atoms with van der Waals surface area (Å²) < 4.78 is 27.5. The molecule has 0 spiro atoms. The van der Waals surface area contributed by atoms with Crippen molar-refractivity contribution in [2.45, 2.75) is 71.1 Å². The Morgan fingerprint density at radius 2 is 1.52 bits per heavy atom. The first-order chi connectivity index (χ1) is 13.1. The minimum atomic E-state index is -0.732. The fourth-order valence-electron chi connectivity index (χ4n) is 5.28. The maximum atomic E-state index is 13.7. The van der Waals surface area contributed by atoms with Crippen molar-refractivity contribution in [1.82, 2.24) is 0 Å². The molecule has 3 heteroatoms.